The molecule has 0 saturated heterocycles. The third kappa shape index (κ3) is 3.52. The van der Waals surface area contributed by atoms with Crippen LogP contribution >= 0.6 is 11.8 Å². The lowest BCUT2D eigenvalue weighted by atomic mass is 10.1. The molecule has 0 atom stereocenters. The Balaban J connectivity index is 1.49. The molecule has 1 N–H and O–H groups in total. The van der Waals surface area contributed by atoms with Crippen LogP contribution in [0.2, 0.25) is 0 Å². The van der Waals surface area contributed by atoms with Gasteiger partial charge in [0.2, 0.25) is 5.91 Å². The molecular weight excluding hydrogens is 300 g/mol. The summed E-state index contributed by atoms with van der Waals surface area (Å²) in [6.07, 6.45) is 6.53. The highest BCUT2D eigenvalue weighted by Crippen LogP contribution is 2.33. The van der Waals surface area contributed by atoms with Gasteiger partial charge in [-0.1, -0.05) is 24.6 Å². The summed E-state index contributed by atoms with van der Waals surface area (Å²) >= 11 is 1.42. The summed E-state index contributed by atoms with van der Waals surface area (Å²) in [5.41, 5.74) is 0. The maximum atomic E-state index is 11.9. The summed E-state index contributed by atoms with van der Waals surface area (Å²) in [6.45, 7) is 0.415. The molecule has 1 amide bonds. The highest BCUT2D eigenvalue weighted by atomic mass is 32.2. The Bertz CT molecular complexity index is 618. The minimum atomic E-state index is -0.0354. The zero-order valence-electron chi connectivity index (χ0n) is 12.6. The van der Waals surface area contributed by atoms with Gasteiger partial charge in [0.15, 0.2) is 5.16 Å². The van der Waals surface area contributed by atoms with Crippen LogP contribution in [0.25, 0.3) is 0 Å². The average molecular weight is 320 g/mol. The number of hydrogen-bond acceptors (Lipinski definition) is 5. The van der Waals surface area contributed by atoms with Crippen LogP contribution in [0.3, 0.4) is 0 Å². The SMILES string of the molecule is Cn1c(SCC(=O)NCc2ccco2)nnc1C1CCCC1. The molecular formula is C15H20N4O2S. The molecule has 1 saturated carbocycles. The Kier molecular flexibility index (Phi) is 4.82. The molecule has 3 rings (SSSR count). The molecule has 2 heterocycles. The fourth-order valence-corrected chi connectivity index (χ4v) is 3.52. The number of carbonyl (C=O) groups excluding carboxylic acids is 1. The summed E-state index contributed by atoms with van der Waals surface area (Å²) in [4.78, 5) is 11.9. The van der Waals surface area contributed by atoms with Crippen molar-refractivity contribution in [3.8, 4) is 0 Å². The number of nitrogens with zero attached hydrogens (tertiary/aromatic N) is 3. The fourth-order valence-electron chi connectivity index (χ4n) is 2.77. The van der Waals surface area contributed by atoms with Crippen molar-refractivity contribution >= 4 is 17.7 Å². The Morgan fingerprint density at radius 2 is 2.27 bits per heavy atom. The number of thioether (sulfide) groups is 1. The first-order chi connectivity index (χ1) is 10.7. The quantitative estimate of drug-likeness (QED) is 0.828. The van der Waals surface area contributed by atoms with Crippen molar-refractivity contribution in [2.45, 2.75) is 43.3 Å². The molecule has 7 heteroatoms. The van der Waals surface area contributed by atoms with Gasteiger partial charge >= 0.3 is 0 Å². The Labute approximate surface area is 133 Å². The largest absolute Gasteiger partial charge is 0.467 e. The Hall–Kier alpha value is -1.76. The zero-order valence-corrected chi connectivity index (χ0v) is 13.4. The molecule has 0 bridgehead atoms. The van der Waals surface area contributed by atoms with E-state index in [-0.39, 0.29) is 5.91 Å². The number of aromatic nitrogens is 3. The molecule has 118 valence electrons. The lowest BCUT2D eigenvalue weighted by Crippen LogP contribution is -2.24. The minimum absolute atomic E-state index is 0.0354. The van der Waals surface area contributed by atoms with Crippen molar-refractivity contribution in [1.29, 1.82) is 0 Å². The Morgan fingerprint density at radius 3 is 3.00 bits per heavy atom. The second kappa shape index (κ2) is 7.00. The lowest BCUT2D eigenvalue weighted by Gasteiger charge is -2.08. The summed E-state index contributed by atoms with van der Waals surface area (Å²) in [5.74, 6) is 2.63. The van der Waals surface area contributed by atoms with Crippen LogP contribution < -0.4 is 5.32 Å². The molecule has 0 aromatic carbocycles. The molecule has 0 aliphatic heterocycles. The van der Waals surface area contributed by atoms with Crippen LogP contribution in [0, 0.1) is 0 Å². The van der Waals surface area contributed by atoms with Crippen molar-refractivity contribution in [1.82, 2.24) is 20.1 Å². The van der Waals surface area contributed by atoms with E-state index < -0.39 is 0 Å². The van der Waals surface area contributed by atoms with E-state index in [4.69, 9.17) is 4.42 Å². The van der Waals surface area contributed by atoms with Gasteiger partial charge in [-0.25, -0.2) is 0 Å². The predicted molar refractivity (Wildman–Crippen MR) is 83.5 cm³/mol. The van der Waals surface area contributed by atoms with E-state index in [0.717, 1.165) is 16.7 Å². The molecule has 1 aliphatic carbocycles. The molecule has 2 aromatic heterocycles. The monoisotopic (exact) mass is 320 g/mol. The standard InChI is InChI=1S/C15H20N4O2S/c1-19-14(11-5-2-3-6-11)17-18-15(19)22-10-13(20)16-9-12-7-4-8-21-12/h4,7-8,11H,2-3,5-6,9-10H2,1H3,(H,16,20). The third-order valence-corrected chi connectivity index (χ3v) is 4.98. The summed E-state index contributed by atoms with van der Waals surface area (Å²) in [7, 11) is 1.98. The van der Waals surface area contributed by atoms with Crippen LogP contribution in [0.5, 0.6) is 0 Å². The van der Waals surface area contributed by atoms with Crippen molar-refractivity contribution in [3.05, 3.63) is 30.0 Å². The average Bonchev–Trinajstić information content (AvgIpc) is 3.25. The van der Waals surface area contributed by atoms with Crippen LogP contribution in [-0.2, 0) is 18.4 Å². The smallest absolute Gasteiger partial charge is 0.230 e. The molecule has 1 aliphatic rings. The van der Waals surface area contributed by atoms with Crippen molar-refractivity contribution < 1.29 is 9.21 Å². The van der Waals surface area contributed by atoms with E-state index in [1.165, 1.54) is 37.4 Å². The molecule has 2 aromatic rings. The number of furan rings is 1. The van der Waals surface area contributed by atoms with Gasteiger partial charge < -0.3 is 14.3 Å². The molecule has 22 heavy (non-hydrogen) atoms. The predicted octanol–water partition coefficient (Wildman–Crippen LogP) is 2.47. The second-order valence-corrected chi connectivity index (χ2v) is 6.47. The highest BCUT2D eigenvalue weighted by Gasteiger charge is 2.23. The number of carbonyl (C=O) groups is 1. The van der Waals surface area contributed by atoms with Gasteiger partial charge in [0.1, 0.15) is 11.6 Å². The van der Waals surface area contributed by atoms with Gasteiger partial charge in [-0.2, -0.15) is 0 Å². The number of amides is 1. The molecule has 0 spiro atoms. The van der Waals surface area contributed by atoms with Gasteiger partial charge in [-0.15, -0.1) is 10.2 Å². The number of rotatable bonds is 6. The highest BCUT2D eigenvalue weighted by molar-refractivity contribution is 7.99. The number of hydrogen-bond donors (Lipinski definition) is 1. The first-order valence-electron chi connectivity index (χ1n) is 7.55. The summed E-state index contributed by atoms with van der Waals surface area (Å²) in [5, 5.41) is 12.2. The van der Waals surface area contributed by atoms with E-state index >= 15 is 0 Å². The molecule has 1 fully saturated rings. The minimum Gasteiger partial charge on any atom is -0.467 e. The van der Waals surface area contributed by atoms with E-state index in [0.29, 0.717) is 18.2 Å². The number of nitrogens with one attached hydrogen (secondary N) is 1. The van der Waals surface area contributed by atoms with Crippen LogP contribution in [-0.4, -0.2) is 26.4 Å². The normalized spacial score (nSPS) is 15.3. The first kappa shape index (κ1) is 15.1. The van der Waals surface area contributed by atoms with Crippen molar-refractivity contribution in [2.75, 3.05) is 5.75 Å². The molecule has 0 unspecified atom stereocenters. The lowest BCUT2D eigenvalue weighted by molar-refractivity contribution is -0.118. The van der Waals surface area contributed by atoms with Gasteiger partial charge in [0, 0.05) is 13.0 Å². The van der Waals surface area contributed by atoms with E-state index in [2.05, 4.69) is 15.5 Å². The summed E-state index contributed by atoms with van der Waals surface area (Å²) in [6, 6.07) is 3.64. The van der Waals surface area contributed by atoms with E-state index in [9.17, 15) is 4.79 Å². The van der Waals surface area contributed by atoms with Gasteiger partial charge in [0.05, 0.1) is 18.6 Å². The molecule has 0 radical (unpaired) electrons. The van der Waals surface area contributed by atoms with Gasteiger partial charge in [-0.05, 0) is 25.0 Å². The topological polar surface area (TPSA) is 73.0 Å². The first-order valence-corrected chi connectivity index (χ1v) is 8.54. The summed E-state index contributed by atoms with van der Waals surface area (Å²) < 4.78 is 7.21. The zero-order chi connectivity index (χ0) is 15.4. The second-order valence-electron chi connectivity index (χ2n) is 5.53. The van der Waals surface area contributed by atoms with Crippen LogP contribution in [0.1, 0.15) is 43.2 Å². The van der Waals surface area contributed by atoms with E-state index in [1.54, 1.807) is 12.3 Å². The Morgan fingerprint density at radius 1 is 1.45 bits per heavy atom. The maximum Gasteiger partial charge on any atom is 0.230 e. The van der Waals surface area contributed by atoms with Gasteiger partial charge in [0.25, 0.3) is 0 Å². The third-order valence-electron chi connectivity index (χ3n) is 3.96. The van der Waals surface area contributed by atoms with E-state index in [1.807, 2.05) is 17.7 Å². The maximum absolute atomic E-state index is 11.9. The van der Waals surface area contributed by atoms with Crippen molar-refractivity contribution in [2.24, 2.45) is 7.05 Å². The van der Waals surface area contributed by atoms with Gasteiger partial charge in [-0.3, -0.25) is 4.79 Å². The van der Waals surface area contributed by atoms with Crippen molar-refractivity contribution in [3.63, 3.8) is 0 Å². The molecule has 6 nitrogen and oxygen atoms in total. The van der Waals surface area contributed by atoms with Crippen LogP contribution in [0.15, 0.2) is 28.0 Å². The fraction of sp³-hybridized carbons (Fsp3) is 0.533. The van der Waals surface area contributed by atoms with Crippen LogP contribution in [0.4, 0.5) is 0 Å².